The summed E-state index contributed by atoms with van der Waals surface area (Å²) in [6.07, 6.45) is -1.32. The van der Waals surface area contributed by atoms with Gasteiger partial charge in [-0.15, -0.1) is 0 Å². The molecule has 0 amide bonds. The SMILES string of the molecule is Cc1ccc(C(F)(F)F)cc1-c1cc2c(-c3cc(=O)n(C)cc3Oc3c(C)cccc3C)cn(C)c(=O)c2[nH]1. The number of fused-ring (bicyclic) bond motifs is 1. The van der Waals surface area contributed by atoms with Gasteiger partial charge in [0.25, 0.3) is 11.1 Å². The molecular weight excluding hydrogens is 507 g/mol. The average molecular weight is 534 g/mol. The van der Waals surface area contributed by atoms with Crippen LogP contribution in [0.5, 0.6) is 11.5 Å². The van der Waals surface area contributed by atoms with Crippen LogP contribution in [-0.4, -0.2) is 14.1 Å². The summed E-state index contributed by atoms with van der Waals surface area (Å²) in [7, 11) is 3.19. The van der Waals surface area contributed by atoms with Crippen molar-refractivity contribution in [3.8, 4) is 33.9 Å². The van der Waals surface area contributed by atoms with Crippen molar-refractivity contribution in [2.24, 2.45) is 14.1 Å². The smallest absolute Gasteiger partial charge is 0.416 e. The summed E-state index contributed by atoms with van der Waals surface area (Å²) in [6.45, 7) is 5.55. The lowest BCUT2D eigenvalue weighted by Gasteiger charge is -2.17. The third-order valence-electron chi connectivity index (χ3n) is 6.92. The number of halogens is 3. The third kappa shape index (κ3) is 4.65. The number of aryl methyl sites for hydroxylation is 5. The van der Waals surface area contributed by atoms with E-state index in [0.29, 0.717) is 44.8 Å². The highest BCUT2D eigenvalue weighted by Crippen LogP contribution is 2.39. The van der Waals surface area contributed by atoms with Crippen LogP contribution in [0.3, 0.4) is 0 Å². The van der Waals surface area contributed by atoms with Crippen molar-refractivity contribution in [2.75, 3.05) is 0 Å². The Labute approximate surface area is 221 Å². The summed E-state index contributed by atoms with van der Waals surface area (Å²) in [5, 5.41) is 0.463. The Morgan fingerprint density at radius 1 is 0.795 bits per heavy atom. The monoisotopic (exact) mass is 533 g/mol. The fourth-order valence-corrected chi connectivity index (χ4v) is 4.75. The molecule has 0 saturated carbocycles. The van der Waals surface area contributed by atoms with E-state index < -0.39 is 11.7 Å². The molecular formula is C30H26F3N3O3. The topological polar surface area (TPSA) is 69.0 Å². The number of aromatic nitrogens is 3. The summed E-state index contributed by atoms with van der Waals surface area (Å²) in [5.41, 5.74) is 2.87. The van der Waals surface area contributed by atoms with Crippen LogP contribution in [0.1, 0.15) is 22.3 Å². The molecule has 0 unspecified atom stereocenters. The van der Waals surface area contributed by atoms with Crippen LogP contribution >= 0.6 is 0 Å². The van der Waals surface area contributed by atoms with E-state index in [0.717, 1.165) is 23.3 Å². The normalized spacial score (nSPS) is 11.8. The van der Waals surface area contributed by atoms with Gasteiger partial charge < -0.3 is 18.9 Å². The molecule has 6 nitrogen and oxygen atoms in total. The summed E-state index contributed by atoms with van der Waals surface area (Å²) < 4.78 is 49.5. The predicted molar refractivity (Wildman–Crippen MR) is 145 cm³/mol. The Morgan fingerprint density at radius 3 is 2.15 bits per heavy atom. The quantitative estimate of drug-likeness (QED) is 0.282. The van der Waals surface area contributed by atoms with Gasteiger partial charge in [-0.1, -0.05) is 24.3 Å². The second-order valence-corrected chi connectivity index (χ2v) is 9.78. The van der Waals surface area contributed by atoms with Crippen LogP contribution in [0.25, 0.3) is 33.3 Å². The molecule has 0 aliphatic heterocycles. The molecule has 39 heavy (non-hydrogen) atoms. The molecule has 9 heteroatoms. The summed E-state index contributed by atoms with van der Waals surface area (Å²) >= 11 is 0. The molecule has 200 valence electrons. The van der Waals surface area contributed by atoms with Crippen molar-refractivity contribution in [2.45, 2.75) is 26.9 Å². The minimum Gasteiger partial charge on any atom is -0.455 e. The second kappa shape index (κ2) is 9.34. The lowest BCUT2D eigenvalue weighted by Crippen LogP contribution is -2.18. The maximum atomic E-state index is 13.5. The molecule has 0 saturated heterocycles. The lowest BCUT2D eigenvalue weighted by molar-refractivity contribution is -0.137. The number of rotatable bonds is 4. The molecule has 0 spiro atoms. The second-order valence-electron chi connectivity index (χ2n) is 9.78. The van der Waals surface area contributed by atoms with Gasteiger partial charge in [-0.25, -0.2) is 0 Å². The Hall–Kier alpha value is -4.53. The van der Waals surface area contributed by atoms with E-state index in [9.17, 15) is 22.8 Å². The standard InChI is InChI=1S/C30H26F3N3O3/c1-16-9-10-19(30(31,32)33)11-20(16)24-12-22-23(14-36(5)29(38)27(22)34-24)21-13-26(37)35(4)15-25(21)39-28-17(2)7-6-8-18(28)3/h6-15,34H,1-5H3. The first-order valence-electron chi connectivity index (χ1n) is 12.2. The number of ether oxygens (including phenoxy) is 1. The van der Waals surface area contributed by atoms with E-state index >= 15 is 0 Å². The Morgan fingerprint density at radius 2 is 1.49 bits per heavy atom. The van der Waals surface area contributed by atoms with Crippen LogP contribution in [0, 0.1) is 20.8 Å². The van der Waals surface area contributed by atoms with E-state index in [1.54, 1.807) is 39.5 Å². The van der Waals surface area contributed by atoms with E-state index in [4.69, 9.17) is 4.74 Å². The Bertz CT molecular complexity index is 1860. The van der Waals surface area contributed by atoms with Gasteiger partial charge >= 0.3 is 6.18 Å². The van der Waals surface area contributed by atoms with Crippen LogP contribution in [0.2, 0.25) is 0 Å². The maximum Gasteiger partial charge on any atom is 0.416 e. The van der Waals surface area contributed by atoms with E-state index in [-0.39, 0.29) is 16.6 Å². The van der Waals surface area contributed by atoms with E-state index in [1.807, 2.05) is 32.0 Å². The van der Waals surface area contributed by atoms with Gasteiger partial charge in [0.1, 0.15) is 11.3 Å². The summed E-state index contributed by atoms with van der Waals surface area (Å²) in [6, 6.07) is 12.3. The van der Waals surface area contributed by atoms with Crippen LogP contribution in [0.4, 0.5) is 13.2 Å². The van der Waals surface area contributed by atoms with Crippen molar-refractivity contribution in [1.82, 2.24) is 14.1 Å². The number of nitrogens with zero attached hydrogens (tertiary/aromatic N) is 2. The van der Waals surface area contributed by atoms with Crippen molar-refractivity contribution in [3.05, 3.63) is 104 Å². The largest absolute Gasteiger partial charge is 0.455 e. The highest BCUT2D eigenvalue weighted by atomic mass is 19.4. The van der Waals surface area contributed by atoms with Crippen LogP contribution in [-0.2, 0) is 20.3 Å². The zero-order valence-corrected chi connectivity index (χ0v) is 22.0. The number of para-hydroxylation sites is 1. The van der Waals surface area contributed by atoms with Gasteiger partial charge in [-0.3, -0.25) is 9.59 Å². The number of aromatic amines is 1. The molecule has 0 fully saturated rings. The van der Waals surface area contributed by atoms with Crippen LogP contribution in [0.15, 0.2) is 70.5 Å². The Kier molecular flexibility index (Phi) is 6.25. The first-order valence-corrected chi connectivity index (χ1v) is 12.2. The van der Waals surface area contributed by atoms with Gasteiger partial charge in [0, 0.05) is 54.1 Å². The highest BCUT2D eigenvalue weighted by Gasteiger charge is 2.31. The highest BCUT2D eigenvalue weighted by molar-refractivity contribution is 5.98. The minimum absolute atomic E-state index is 0.209. The predicted octanol–water partition coefficient (Wildman–Crippen LogP) is 6.64. The van der Waals surface area contributed by atoms with Crippen LogP contribution < -0.4 is 15.9 Å². The number of nitrogens with one attached hydrogen (secondary N) is 1. The zero-order valence-electron chi connectivity index (χ0n) is 22.0. The van der Waals surface area contributed by atoms with Crippen molar-refractivity contribution in [3.63, 3.8) is 0 Å². The van der Waals surface area contributed by atoms with Crippen molar-refractivity contribution >= 4 is 10.9 Å². The van der Waals surface area contributed by atoms with Gasteiger partial charge in [-0.2, -0.15) is 13.2 Å². The third-order valence-corrected chi connectivity index (χ3v) is 6.92. The number of hydrogen-bond acceptors (Lipinski definition) is 3. The molecule has 0 aliphatic rings. The number of benzene rings is 2. The first kappa shape index (κ1) is 26.1. The molecule has 5 rings (SSSR count). The molecule has 5 aromatic rings. The molecule has 0 radical (unpaired) electrons. The number of hydrogen-bond donors (Lipinski definition) is 1. The molecule has 3 heterocycles. The summed E-state index contributed by atoms with van der Waals surface area (Å²) in [4.78, 5) is 28.9. The number of H-pyrrole nitrogens is 1. The van der Waals surface area contributed by atoms with Gasteiger partial charge in [-0.05, 0) is 55.7 Å². The fourth-order valence-electron chi connectivity index (χ4n) is 4.75. The van der Waals surface area contributed by atoms with Gasteiger partial charge in [0.2, 0.25) is 0 Å². The molecule has 0 atom stereocenters. The Balaban J connectivity index is 1.77. The molecule has 3 aromatic heterocycles. The lowest BCUT2D eigenvalue weighted by atomic mass is 10.0. The van der Waals surface area contributed by atoms with Gasteiger partial charge in [0.05, 0.1) is 11.8 Å². The summed E-state index contributed by atoms with van der Waals surface area (Å²) in [5.74, 6) is 1.04. The van der Waals surface area contributed by atoms with Gasteiger partial charge in [0.15, 0.2) is 5.75 Å². The van der Waals surface area contributed by atoms with Crippen molar-refractivity contribution < 1.29 is 17.9 Å². The minimum atomic E-state index is -4.51. The molecule has 0 aliphatic carbocycles. The first-order chi connectivity index (χ1) is 18.3. The number of pyridine rings is 2. The zero-order chi connectivity index (χ0) is 28.2. The average Bonchev–Trinajstić information content (AvgIpc) is 3.31. The van der Waals surface area contributed by atoms with E-state index in [2.05, 4.69) is 4.98 Å². The fraction of sp³-hybridized carbons (Fsp3) is 0.200. The maximum absolute atomic E-state index is 13.5. The molecule has 1 N–H and O–H groups in total. The number of alkyl halides is 3. The molecule has 0 bridgehead atoms. The van der Waals surface area contributed by atoms with Crippen molar-refractivity contribution in [1.29, 1.82) is 0 Å². The molecule has 2 aromatic carbocycles. The van der Waals surface area contributed by atoms with E-state index in [1.165, 1.54) is 21.3 Å².